The summed E-state index contributed by atoms with van der Waals surface area (Å²) in [6.45, 7) is 1.41. The van der Waals surface area contributed by atoms with Crippen molar-refractivity contribution in [2.45, 2.75) is 24.9 Å². The number of anilines is 1. The van der Waals surface area contributed by atoms with Gasteiger partial charge >= 0.3 is 0 Å². The van der Waals surface area contributed by atoms with Crippen LogP contribution in [0.5, 0.6) is 0 Å². The smallest absolute Gasteiger partial charge is 0.198 e. The minimum Gasteiger partial charge on any atom is -0.383 e. The normalized spacial score (nSPS) is 21.5. The third-order valence-corrected chi connectivity index (χ3v) is 5.22. The fourth-order valence-electron chi connectivity index (χ4n) is 3.93. The summed E-state index contributed by atoms with van der Waals surface area (Å²) in [5.74, 6) is 0.831. The summed E-state index contributed by atoms with van der Waals surface area (Å²) in [7, 11) is 1.80. The van der Waals surface area contributed by atoms with E-state index in [0.29, 0.717) is 6.54 Å². The molecule has 0 amide bonds. The Balaban J connectivity index is 0.00000182. The molecule has 1 atom stereocenters. The molecule has 1 aliphatic carbocycles. The first-order valence-corrected chi connectivity index (χ1v) is 8.58. The van der Waals surface area contributed by atoms with E-state index in [0.717, 1.165) is 37.3 Å². The van der Waals surface area contributed by atoms with E-state index in [-0.39, 0.29) is 24.0 Å². The standard InChI is InChI=1S/C20H23N3O.HI/c1-21-19(23-13-11-16-7-3-5-9-18(16)23)22-14-20(24)12-10-15-6-2-4-8-17(15)20;/h2-9,24H,10-14H2,1H3,(H,21,22);1H. The zero-order valence-corrected chi connectivity index (χ0v) is 16.7. The van der Waals surface area contributed by atoms with E-state index in [9.17, 15) is 5.11 Å². The van der Waals surface area contributed by atoms with Gasteiger partial charge in [-0.2, -0.15) is 0 Å². The molecule has 0 saturated heterocycles. The van der Waals surface area contributed by atoms with Crippen LogP contribution in [0.25, 0.3) is 0 Å². The lowest BCUT2D eigenvalue weighted by molar-refractivity contribution is 0.0433. The minimum absolute atomic E-state index is 0. The van der Waals surface area contributed by atoms with Crippen molar-refractivity contribution >= 4 is 35.6 Å². The molecular weight excluding hydrogens is 425 g/mol. The summed E-state index contributed by atoms with van der Waals surface area (Å²) >= 11 is 0. The number of nitrogens with zero attached hydrogens (tertiary/aromatic N) is 2. The van der Waals surface area contributed by atoms with Gasteiger partial charge in [-0.1, -0.05) is 42.5 Å². The predicted molar refractivity (Wildman–Crippen MR) is 113 cm³/mol. The zero-order chi connectivity index (χ0) is 16.6. The monoisotopic (exact) mass is 449 g/mol. The highest BCUT2D eigenvalue weighted by molar-refractivity contribution is 14.0. The summed E-state index contributed by atoms with van der Waals surface area (Å²) in [5, 5.41) is 14.5. The van der Waals surface area contributed by atoms with Gasteiger partial charge in [-0.25, -0.2) is 0 Å². The van der Waals surface area contributed by atoms with Crippen LogP contribution in [-0.2, 0) is 18.4 Å². The van der Waals surface area contributed by atoms with Crippen LogP contribution < -0.4 is 10.2 Å². The zero-order valence-electron chi connectivity index (χ0n) is 14.4. The third-order valence-electron chi connectivity index (χ3n) is 5.22. The Kier molecular flexibility index (Phi) is 5.34. The molecule has 4 nitrogen and oxygen atoms in total. The van der Waals surface area contributed by atoms with Crippen LogP contribution in [0.1, 0.15) is 23.1 Å². The Morgan fingerprint density at radius 1 is 1.12 bits per heavy atom. The quantitative estimate of drug-likeness (QED) is 0.421. The van der Waals surface area contributed by atoms with Crippen molar-refractivity contribution in [3.8, 4) is 0 Å². The van der Waals surface area contributed by atoms with Crippen LogP contribution in [0.2, 0.25) is 0 Å². The van der Waals surface area contributed by atoms with Crippen LogP contribution in [0, 0.1) is 0 Å². The molecular formula is C20H24IN3O. The number of guanidine groups is 1. The highest BCUT2D eigenvalue weighted by atomic mass is 127. The van der Waals surface area contributed by atoms with Gasteiger partial charge in [0.15, 0.2) is 5.96 Å². The molecule has 0 radical (unpaired) electrons. The molecule has 2 N–H and O–H groups in total. The number of hydrogen-bond donors (Lipinski definition) is 2. The van der Waals surface area contributed by atoms with Gasteiger partial charge in [0.05, 0.1) is 6.54 Å². The van der Waals surface area contributed by atoms with Crippen LogP contribution in [0.15, 0.2) is 53.5 Å². The SMILES string of the molecule is CN=C(NCC1(O)CCc2ccccc21)N1CCc2ccccc21.I. The number of aliphatic imine (C=N–C) groups is 1. The second-order valence-electron chi connectivity index (χ2n) is 6.62. The van der Waals surface area contributed by atoms with Crippen LogP contribution in [0.4, 0.5) is 5.69 Å². The summed E-state index contributed by atoms with van der Waals surface area (Å²) < 4.78 is 0. The Hall–Kier alpha value is -1.60. The summed E-state index contributed by atoms with van der Waals surface area (Å²) in [4.78, 5) is 6.65. The highest BCUT2D eigenvalue weighted by Gasteiger charge is 2.37. The van der Waals surface area contributed by atoms with E-state index in [2.05, 4.69) is 45.5 Å². The fraction of sp³-hybridized carbons (Fsp3) is 0.350. The van der Waals surface area contributed by atoms with E-state index in [1.54, 1.807) is 7.05 Å². The molecule has 1 heterocycles. The number of rotatable bonds is 2. The lowest BCUT2D eigenvalue weighted by atomic mass is 9.96. The average molecular weight is 449 g/mol. The summed E-state index contributed by atoms with van der Waals surface area (Å²) in [5.41, 5.74) is 4.05. The molecule has 25 heavy (non-hydrogen) atoms. The van der Waals surface area contributed by atoms with Gasteiger partial charge in [0, 0.05) is 19.3 Å². The molecule has 5 heteroatoms. The first-order valence-electron chi connectivity index (χ1n) is 8.58. The number of halogens is 1. The minimum atomic E-state index is -0.814. The van der Waals surface area contributed by atoms with Crippen molar-refractivity contribution in [1.82, 2.24) is 5.32 Å². The average Bonchev–Trinajstić information content (AvgIpc) is 3.19. The molecule has 0 bridgehead atoms. The molecule has 1 unspecified atom stereocenters. The molecule has 2 aromatic carbocycles. The Labute approximate surface area is 166 Å². The van der Waals surface area contributed by atoms with Gasteiger partial charge in [-0.3, -0.25) is 4.99 Å². The lowest BCUT2D eigenvalue weighted by Gasteiger charge is -2.28. The van der Waals surface area contributed by atoms with Gasteiger partial charge in [-0.05, 0) is 42.0 Å². The van der Waals surface area contributed by atoms with Gasteiger partial charge in [0.2, 0.25) is 0 Å². The first-order chi connectivity index (χ1) is 11.7. The van der Waals surface area contributed by atoms with E-state index >= 15 is 0 Å². The van der Waals surface area contributed by atoms with Crippen LogP contribution in [0.3, 0.4) is 0 Å². The van der Waals surface area contributed by atoms with E-state index in [4.69, 9.17) is 0 Å². The van der Waals surface area contributed by atoms with Crippen LogP contribution in [-0.4, -0.2) is 31.2 Å². The van der Waals surface area contributed by atoms with Gasteiger partial charge < -0.3 is 15.3 Å². The van der Waals surface area contributed by atoms with E-state index in [1.165, 1.54) is 16.8 Å². The Bertz CT molecular complexity index is 792. The Morgan fingerprint density at radius 3 is 2.64 bits per heavy atom. The summed E-state index contributed by atoms with van der Waals surface area (Å²) in [6.07, 6.45) is 2.72. The molecule has 2 aromatic rings. The van der Waals surface area contributed by atoms with Crippen molar-refractivity contribution in [2.24, 2.45) is 4.99 Å². The number of fused-ring (bicyclic) bond motifs is 2. The number of hydrogen-bond acceptors (Lipinski definition) is 2. The maximum Gasteiger partial charge on any atom is 0.198 e. The number of aryl methyl sites for hydroxylation is 1. The molecule has 0 aromatic heterocycles. The van der Waals surface area contributed by atoms with Gasteiger partial charge in [0.25, 0.3) is 0 Å². The number of para-hydroxylation sites is 1. The first kappa shape index (κ1) is 18.2. The largest absolute Gasteiger partial charge is 0.383 e. The van der Waals surface area contributed by atoms with Crippen molar-refractivity contribution in [2.75, 3.05) is 25.0 Å². The summed E-state index contributed by atoms with van der Waals surface area (Å²) in [6, 6.07) is 16.6. The maximum atomic E-state index is 11.1. The highest BCUT2D eigenvalue weighted by Crippen LogP contribution is 2.36. The van der Waals surface area contributed by atoms with Crippen molar-refractivity contribution in [3.63, 3.8) is 0 Å². The van der Waals surface area contributed by atoms with Crippen molar-refractivity contribution in [1.29, 1.82) is 0 Å². The maximum absolute atomic E-state index is 11.1. The van der Waals surface area contributed by atoms with Crippen molar-refractivity contribution < 1.29 is 5.11 Å². The second-order valence-corrected chi connectivity index (χ2v) is 6.62. The van der Waals surface area contributed by atoms with Crippen molar-refractivity contribution in [3.05, 3.63) is 65.2 Å². The topological polar surface area (TPSA) is 47.9 Å². The fourth-order valence-corrected chi connectivity index (χ4v) is 3.93. The third kappa shape index (κ3) is 3.27. The lowest BCUT2D eigenvalue weighted by Crippen LogP contribution is -2.46. The Morgan fingerprint density at radius 2 is 1.84 bits per heavy atom. The number of benzene rings is 2. The predicted octanol–water partition coefficient (Wildman–Crippen LogP) is 3.08. The second kappa shape index (κ2) is 7.33. The van der Waals surface area contributed by atoms with Gasteiger partial charge in [-0.15, -0.1) is 24.0 Å². The molecule has 0 spiro atoms. The molecule has 1 aliphatic heterocycles. The van der Waals surface area contributed by atoms with Gasteiger partial charge in [0.1, 0.15) is 5.60 Å². The molecule has 0 saturated carbocycles. The van der Waals surface area contributed by atoms with Crippen LogP contribution >= 0.6 is 24.0 Å². The number of aliphatic hydroxyl groups is 1. The molecule has 4 rings (SSSR count). The van der Waals surface area contributed by atoms with E-state index < -0.39 is 5.60 Å². The molecule has 0 fully saturated rings. The molecule has 2 aliphatic rings. The number of nitrogens with one attached hydrogen (secondary N) is 1. The van der Waals surface area contributed by atoms with E-state index in [1.807, 2.05) is 18.2 Å². The molecule has 132 valence electrons.